The number of imidazole rings is 1. The van der Waals surface area contributed by atoms with Crippen LogP contribution in [0, 0.1) is 6.92 Å². The van der Waals surface area contributed by atoms with Crippen LogP contribution in [0.1, 0.15) is 36.6 Å². The summed E-state index contributed by atoms with van der Waals surface area (Å²) in [6, 6.07) is 17.6. The molecule has 1 saturated heterocycles. The molecule has 46 heavy (non-hydrogen) atoms. The Morgan fingerprint density at radius 2 is 1.59 bits per heavy atom. The number of amides is 2. The summed E-state index contributed by atoms with van der Waals surface area (Å²) in [5, 5.41) is 12.5. The van der Waals surface area contributed by atoms with E-state index in [4.69, 9.17) is 0 Å². The molecule has 0 radical (unpaired) electrons. The van der Waals surface area contributed by atoms with Crippen LogP contribution in [0.15, 0.2) is 85.3 Å². The first-order valence-corrected chi connectivity index (χ1v) is 14.3. The van der Waals surface area contributed by atoms with Gasteiger partial charge >= 0.3 is 12.6 Å². The number of benzene rings is 3. The molecule has 2 N–H and O–H groups in total. The second-order valence-electron chi connectivity index (χ2n) is 10.6. The van der Waals surface area contributed by atoms with Crippen molar-refractivity contribution in [2.45, 2.75) is 13.5 Å². The van der Waals surface area contributed by atoms with Crippen LogP contribution in [-0.2, 0) is 0 Å². The number of rotatable bonds is 8. The highest BCUT2D eigenvalue weighted by atomic mass is 19.3. The minimum atomic E-state index is -2.90. The lowest BCUT2D eigenvalue weighted by atomic mass is 10.1. The number of ether oxygens (including phenoxy) is 1. The fraction of sp³-hybridized carbons (Fsp3) is 0.182. The molecule has 6 rings (SSSR count). The molecular weight excluding hydrogens is 598 g/mol. The van der Waals surface area contributed by atoms with Crippen molar-refractivity contribution in [3.05, 3.63) is 108 Å². The van der Waals surface area contributed by atoms with E-state index in [2.05, 4.69) is 20.0 Å². The number of carbonyl (C=O) groups is 3. The molecule has 0 saturated carbocycles. The SMILES string of the molecule is Cc1cc(Nc2nccn3c(-c4ccc(OC(F)F)cc4)cnc23)ccc1C(=O)N1CCN(C(=O)c2cccc(C(=O)O)c2)CC1. The molecule has 3 aromatic carbocycles. The van der Waals surface area contributed by atoms with E-state index in [1.165, 1.54) is 24.3 Å². The number of piperazine rings is 1. The lowest BCUT2D eigenvalue weighted by molar-refractivity contribution is -0.0498. The molecule has 3 heterocycles. The van der Waals surface area contributed by atoms with E-state index in [1.807, 2.05) is 17.4 Å². The van der Waals surface area contributed by atoms with Gasteiger partial charge in [0.05, 0.1) is 17.5 Å². The number of fused-ring (bicyclic) bond motifs is 1. The average Bonchev–Trinajstić information content (AvgIpc) is 3.50. The van der Waals surface area contributed by atoms with Gasteiger partial charge in [-0.2, -0.15) is 8.78 Å². The number of anilines is 2. The quantitative estimate of drug-likeness (QED) is 0.236. The van der Waals surface area contributed by atoms with Crippen molar-refractivity contribution in [3.63, 3.8) is 0 Å². The van der Waals surface area contributed by atoms with Crippen molar-refractivity contribution in [2.75, 3.05) is 31.5 Å². The Balaban J connectivity index is 1.12. The van der Waals surface area contributed by atoms with E-state index in [1.54, 1.807) is 64.8 Å². The molecule has 0 aliphatic carbocycles. The molecular formula is C33H28F2N6O5. The summed E-state index contributed by atoms with van der Waals surface area (Å²) in [6.45, 7) is 0.295. The van der Waals surface area contributed by atoms with Crippen molar-refractivity contribution in [1.29, 1.82) is 0 Å². The first-order valence-electron chi connectivity index (χ1n) is 14.3. The summed E-state index contributed by atoms with van der Waals surface area (Å²) in [5.41, 5.74) is 4.36. The van der Waals surface area contributed by atoms with Gasteiger partial charge in [-0.25, -0.2) is 14.8 Å². The molecule has 0 bridgehead atoms. The minimum Gasteiger partial charge on any atom is -0.478 e. The Bertz CT molecular complexity index is 1940. The van der Waals surface area contributed by atoms with Crippen LogP contribution in [-0.4, -0.2) is 79.8 Å². The Morgan fingerprint density at radius 1 is 0.891 bits per heavy atom. The third-order valence-electron chi connectivity index (χ3n) is 7.73. The van der Waals surface area contributed by atoms with Crippen LogP contribution in [0.5, 0.6) is 5.75 Å². The van der Waals surface area contributed by atoms with Gasteiger partial charge in [-0.3, -0.25) is 14.0 Å². The molecule has 0 atom stereocenters. The van der Waals surface area contributed by atoms with Crippen molar-refractivity contribution in [3.8, 4) is 17.0 Å². The number of carboxylic acid groups (broad SMARTS) is 1. The van der Waals surface area contributed by atoms with E-state index in [0.29, 0.717) is 54.5 Å². The molecule has 5 aromatic rings. The van der Waals surface area contributed by atoms with Gasteiger partial charge in [0.25, 0.3) is 11.8 Å². The molecule has 1 aliphatic rings. The maximum atomic E-state index is 13.4. The largest absolute Gasteiger partial charge is 0.478 e. The predicted octanol–water partition coefficient (Wildman–Crippen LogP) is 5.35. The summed E-state index contributed by atoms with van der Waals surface area (Å²) in [5.74, 6) is -0.970. The van der Waals surface area contributed by atoms with Gasteiger partial charge in [0.2, 0.25) is 0 Å². The summed E-state index contributed by atoms with van der Waals surface area (Å²) >= 11 is 0. The second kappa shape index (κ2) is 12.6. The smallest absolute Gasteiger partial charge is 0.387 e. The van der Waals surface area contributed by atoms with Crippen molar-refractivity contribution in [1.82, 2.24) is 24.2 Å². The highest BCUT2D eigenvalue weighted by Crippen LogP contribution is 2.28. The van der Waals surface area contributed by atoms with Gasteiger partial charge in [0, 0.05) is 61.0 Å². The Kier molecular flexibility index (Phi) is 8.29. The zero-order valence-corrected chi connectivity index (χ0v) is 24.6. The molecule has 2 aromatic heterocycles. The third-order valence-corrected chi connectivity index (χ3v) is 7.73. The van der Waals surface area contributed by atoms with Crippen molar-refractivity contribution in [2.24, 2.45) is 0 Å². The van der Waals surface area contributed by atoms with Crippen LogP contribution in [0.4, 0.5) is 20.3 Å². The monoisotopic (exact) mass is 626 g/mol. The van der Waals surface area contributed by atoms with Gasteiger partial charge in [0.15, 0.2) is 11.5 Å². The molecule has 1 aliphatic heterocycles. The fourth-order valence-corrected chi connectivity index (χ4v) is 5.40. The molecule has 11 nitrogen and oxygen atoms in total. The van der Waals surface area contributed by atoms with Gasteiger partial charge in [-0.15, -0.1) is 0 Å². The Hall–Kier alpha value is -5.85. The third kappa shape index (κ3) is 6.20. The maximum absolute atomic E-state index is 13.4. The number of carboxylic acids is 1. The first kappa shape index (κ1) is 30.2. The summed E-state index contributed by atoms with van der Waals surface area (Å²) in [7, 11) is 0. The number of aryl methyl sites for hydroxylation is 1. The summed E-state index contributed by atoms with van der Waals surface area (Å²) < 4.78 is 31.3. The van der Waals surface area contributed by atoms with Gasteiger partial charge in [0.1, 0.15) is 5.75 Å². The van der Waals surface area contributed by atoms with E-state index in [-0.39, 0.29) is 23.1 Å². The number of alkyl halides is 2. The number of hydrogen-bond donors (Lipinski definition) is 2. The summed E-state index contributed by atoms with van der Waals surface area (Å²) in [4.78, 5) is 49.9. The number of carbonyl (C=O) groups excluding carboxylic acids is 2. The number of nitrogens with zero attached hydrogens (tertiary/aromatic N) is 5. The van der Waals surface area contributed by atoms with Crippen LogP contribution in [0.25, 0.3) is 16.9 Å². The molecule has 0 unspecified atom stereocenters. The van der Waals surface area contributed by atoms with Gasteiger partial charge < -0.3 is 25.0 Å². The van der Waals surface area contributed by atoms with Crippen LogP contribution < -0.4 is 10.1 Å². The number of nitrogens with one attached hydrogen (secondary N) is 1. The Labute approximate surface area is 261 Å². The standard InChI is InChI=1S/C33H28F2N6O5/c1-20-17-24(38-28-29-37-19-27(41(29)12-11-36-28)21-5-8-25(9-6-21)46-33(34)35)7-10-26(20)31(43)40-15-13-39(14-16-40)30(42)22-3-2-4-23(18-22)32(44)45/h2-12,17-19,33H,13-16H2,1H3,(H,36,38)(H,44,45). The van der Waals surface area contributed by atoms with Gasteiger partial charge in [-0.1, -0.05) is 6.07 Å². The van der Waals surface area contributed by atoms with E-state index in [9.17, 15) is 28.3 Å². The van der Waals surface area contributed by atoms with Crippen LogP contribution in [0.2, 0.25) is 0 Å². The first-order chi connectivity index (χ1) is 22.2. The van der Waals surface area contributed by atoms with E-state index in [0.717, 1.165) is 16.8 Å². The highest BCUT2D eigenvalue weighted by molar-refractivity contribution is 5.98. The molecule has 0 spiro atoms. The predicted molar refractivity (Wildman–Crippen MR) is 165 cm³/mol. The van der Waals surface area contributed by atoms with Crippen molar-refractivity contribution < 1.29 is 33.0 Å². The number of aromatic nitrogens is 3. The topological polar surface area (TPSA) is 129 Å². The van der Waals surface area contributed by atoms with E-state index < -0.39 is 12.6 Å². The lowest BCUT2D eigenvalue weighted by Crippen LogP contribution is -2.50. The van der Waals surface area contributed by atoms with E-state index >= 15 is 0 Å². The van der Waals surface area contributed by atoms with Crippen molar-refractivity contribution >= 4 is 34.9 Å². The highest BCUT2D eigenvalue weighted by Gasteiger charge is 2.27. The van der Waals surface area contributed by atoms with Crippen LogP contribution in [0.3, 0.4) is 0 Å². The molecule has 1 fully saturated rings. The number of hydrogen-bond acceptors (Lipinski definition) is 7. The van der Waals surface area contributed by atoms with Gasteiger partial charge in [-0.05, 0) is 73.2 Å². The number of halogens is 2. The van der Waals surface area contributed by atoms with Crippen LogP contribution >= 0.6 is 0 Å². The summed E-state index contributed by atoms with van der Waals surface area (Å²) in [6.07, 6.45) is 5.03. The zero-order chi connectivity index (χ0) is 32.4. The zero-order valence-electron chi connectivity index (χ0n) is 24.6. The lowest BCUT2D eigenvalue weighted by Gasteiger charge is -2.35. The second-order valence-corrected chi connectivity index (χ2v) is 10.6. The average molecular weight is 627 g/mol. The fourth-order valence-electron chi connectivity index (χ4n) is 5.40. The maximum Gasteiger partial charge on any atom is 0.387 e. The molecule has 2 amide bonds. The minimum absolute atomic E-state index is 0.0444. The molecule has 13 heteroatoms. The molecule has 234 valence electrons. The number of aromatic carboxylic acids is 1. The normalized spacial score (nSPS) is 13.2. The Morgan fingerprint density at radius 3 is 2.26 bits per heavy atom.